The topological polar surface area (TPSA) is 117 Å². The Balaban J connectivity index is 1.29. The van der Waals surface area contributed by atoms with Gasteiger partial charge in [0.05, 0.1) is 33.8 Å². The molecule has 0 spiro atoms. The molecule has 2 N–H and O–H groups in total. The number of fused-ring (bicyclic) bond motifs is 4. The molecule has 7 rings (SSSR count). The molecule has 2 bridgehead atoms. The molecule has 2 aromatic carbocycles. The zero-order chi connectivity index (χ0) is 30.5. The summed E-state index contributed by atoms with van der Waals surface area (Å²) in [5.74, 6) is 1.63. The number of amides is 1. The van der Waals surface area contributed by atoms with Crippen LogP contribution >= 0.6 is 11.6 Å². The van der Waals surface area contributed by atoms with E-state index in [2.05, 4.69) is 25.5 Å². The highest BCUT2D eigenvalue weighted by atomic mass is 35.5. The van der Waals surface area contributed by atoms with E-state index in [4.69, 9.17) is 16.3 Å². The lowest BCUT2D eigenvalue weighted by atomic mass is 9.83. The maximum Gasteiger partial charge on any atom is 0.254 e. The van der Waals surface area contributed by atoms with E-state index in [0.29, 0.717) is 35.2 Å². The number of carbonyl (C=O) groups is 1. The van der Waals surface area contributed by atoms with E-state index < -0.39 is 15.1 Å². The number of benzene rings is 2. The van der Waals surface area contributed by atoms with Crippen LogP contribution in [0.4, 0.5) is 23.1 Å². The molecule has 1 atom stereocenters. The van der Waals surface area contributed by atoms with Crippen LogP contribution < -0.4 is 15.4 Å². The Labute approximate surface area is 257 Å². The Bertz CT molecular complexity index is 1660. The molecule has 43 heavy (non-hydrogen) atoms. The standard InChI is InChI=1S/C31H37ClN6O4S/c1-18(2)42-27-13-21-16-38(26-17-37-11-9-20(26)10-12-37)30(39)22(21)14-25(27)35-31-33-15-23(32)29(36-31)34-24-7-5-6-8-28(24)43(40,41)19(3)4/h5-8,13-15,18-20,26H,9-12,16-17H2,1-4H3,(H2,33,34,35,36). The minimum absolute atomic E-state index is 0.0373. The van der Waals surface area contributed by atoms with Gasteiger partial charge >= 0.3 is 0 Å². The fraction of sp³-hybridized carbons (Fsp3) is 0.452. The van der Waals surface area contributed by atoms with Crippen LogP contribution in [0.15, 0.2) is 47.5 Å². The highest BCUT2D eigenvalue weighted by Crippen LogP contribution is 2.40. The number of carbonyl (C=O) groups excluding carboxylic acids is 1. The predicted molar refractivity (Wildman–Crippen MR) is 167 cm³/mol. The zero-order valence-corrected chi connectivity index (χ0v) is 26.4. The summed E-state index contributed by atoms with van der Waals surface area (Å²) in [6.45, 7) is 10.9. The van der Waals surface area contributed by atoms with Crippen molar-refractivity contribution in [2.24, 2.45) is 5.92 Å². The van der Waals surface area contributed by atoms with Crippen molar-refractivity contribution in [3.05, 3.63) is 58.7 Å². The van der Waals surface area contributed by atoms with Gasteiger partial charge < -0.3 is 25.2 Å². The van der Waals surface area contributed by atoms with Crippen molar-refractivity contribution in [1.29, 1.82) is 0 Å². The number of anilines is 4. The van der Waals surface area contributed by atoms with Crippen molar-refractivity contribution in [2.45, 2.75) is 69.4 Å². The van der Waals surface area contributed by atoms with Gasteiger partial charge in [-0.25, -0.2) is 13.4 Å². The Hall–Kier alpha value is -3.41. The molecule has 0 saturated carbocycles. The van der Waals surface area contributed by atoms with Crippen LogP contribution in [0, 0.1) is 5.92 Å². The summed E-state index contributed by atoms with van der Waals surface area (Å²) in [5, 5.41) is 5.92. The second kappa shape index (κ2) is 11.6. The van der Waals surface area contributed by atoms with Crippen LogP contribution in [-0.2, 0) is 16.4 Å². The van der Waals surface area contributed by atoms with Crippen molar-refractivity contribution in [3.63, 3.8) is 0 Å². The zero-order valence-electron chi connectivity index (χ0n) is 24.8. The van der Waals surface area contributed by atoms with Crippen LogP contribution in [0.3, 0.4) is 0 Å². The van der Waals surface area contributed by atoms with Crippen LogP contribution in [0.1, 0.15) is 56.5 Å². The molecule has 0 aliphatic carbocycles. The summed E-state index contributed by atoms with van der Waals surface area (Å²) in [5.41, 5.74) is 2.52. The van der Waals surface area contributed by atoms with Crippen molar-refractivity contribution in [3.8, 4) is 5.75 Å². The Morgan fingerprint density at radius 2 is 1.79 bits per heavy atom. The van der Waals surface area contributed by atoms with Gasteiger partial charge in [0.15, 0.2) is 15.7 Å². The smallest absolute Gasteiger partial charge is 0.254 e. The van der Waals surface area contributed by atoms with Crippen molar-refractivity contribution < 1.29 is 17.9 Å². The van der Waals surface area contributed by atoms with Gasteiger partial charge in [-0.15, -0.1) is 0 Å². The van der Waals surface area contributed by atoms with E-state index in [1.807, 2.05) is 30.9 Å². The molecular weight excluding hydrogens is 588 g/mol. The molecule has 4 aliphatic rings. The normalized spacial score (nSPS) is 21.4. The van der Waals surface area contributed by atoms with E-state index in [-0.39, 0.29) is 39.7 Å². The molecule has 1 unspecified atom stereocenters. The van der Waals surface area contributed by atoms with Gasteiger partial charge in [-0.2, -0.15) is 4.98 Å². The third-order valence-electron chi connectivity index (χ3n) is 8.48. The Morgan fingerprint density at radius 1 is 1.05 bits per heavy atom. The van der Waals surface area contributed by atoms with E-state index >= 15 is 0 Å². The van der Waals surface area contributed by atoms with Crippen molar-refractivity contribution in [2.75, 3.05) is 30.3 Å². The molecular formula is C31H37ClN6O4S. The molecule has 228 valence electrons. The SMILES string of the molecule is CC(C)Oc1cc2c(cc1Nc1ncc(Cl)c(Nc3ccccc3S(=O)(=O)C(C)C)n1)C(=O)N(C1CN3CCC1CC3)C2. The van der Waals surface area contributed by atoms with E-state index in [0.717, 1.165) is 38.0 Å². The number of halogens is 1. The lowest BCUT2D eigenvalue weighted by Crippen LogP contribution is -2.57. The van der Waals surface area contributed by atoms with Crippen LogP contribution in [0.2, 0.25) is 5.02 Å². The number of para-hydroxylation sites is 1. The first kappa shape index (κ1) is 29.7. The lowest BCUT2D eigenvalue weighted by molar-refractivity contribution is 0.00845. The number of rotatable bonds is 9. The maximum absolute atomic E-state index is 13.7. The van der Waals surface area contributed by atoms with Crippen LogP contribution in [0.5, 0.6) is 5.75 Å². The monoisotopic (exact) mass is 624 g/mol. The third kappa shape index (κ3) is 5.77. The number of hydrogen-bond donors (Lipinski definition) is 2. The number of hydrogen-bond acceptors (Lipinski definition) is 9. The molecule has 3 fully saturated rings. The number of aromatic nitrogens is 2. The van der Waals surface area contributed by atoms with E-state index in [9.17, 15) is 13.2 Å². The number of nitrogens with one attached hydrogen (secondary N) is 2. The minimum atomic E-state index is -3.56. The predicted octanol–water partition coefficient (Wildman–Crippen LogP) is 5.64. The van der Waals surface area contributed by atoms with Gasteiger partial charge in [-0.05, 0) is 89.4 Å². The van der Waals surface area contributed by atoms with Gasteiger partial charge in [-0.3, -0.25) is 4.79 Å². The molecule has 3 aromatic rings. The van der Waals surface area contributed by atoms with Gasteiger partial charge in [0.2, 0.25) is 5.95 Å². The maximum atomic E-state index is 13.7. The summed E-state index contributed by atoms with van der Waals surface area (Å²) in [6.07, 6.45) is 3.61. The van der Waals surface area contributed by atoms with Gasteiger partial charge in [-0.1, -0.05) is 23.7 Å². The van der Waals surface area contributed by atoms with Crippen molar-refractivity contribution >= 4 is 50.5 Å². The second-order valence-electron chi connectivity index (χ2n) is 12.0. The van der Waals surface area contributed by atoms with Crippen LogP contribution in [-0.4, -0.2) is 71.1 Å². The molecule has 10 nitrogen and oxygen atoms in total. The van der Waals surface area contributed by atoms with Gasteiger partial charge in [0.1, 0.15) is 10.8 Å². The van der Waals surface area contributed by atoms with Crippen LogP contribution in [0.25, 0.3) is 0 Å². The number of ether oxygens (including phenoxy) is 1. The van der Waals surface area contributed by atoms with E-state index in [1.54, 1.807) is 38.1 Å². The first-order chi connectivity index (χ1) is 20.5. The summed E-state index contributed by atoms with van der Waals surface area (Å²) in [4.78, 5) is 27.3. The second-order valence-corrected chi connectivity index (χ2v) is 14.9. The Kier molecular flexibility index (Phi) is 7.99. The minimum Gasteiger partial charge on any atom is -0.489 e. The molecule has 1 amide bonds. The highest BCUT2D eigenvalue weighted by molar-refractivity contribution is 7.92. The quantitative estimate of drug-likeness (QED) is 0.312. The van der Waals surface area contributed by atoms with Gasteiger partial charge in [0, 0.05) is 24.7 Å². The largest absolute Gasteiger partial charge is 0.489 e. The summed E-state index contributed by atoms with van der Waals surface area (Å²) in [7, 11) is -3.56. The first-order valence-corrected chi connectivity index (χ1v) is 16.7. The average molecular weight is 625 g/mol. The molecule has 5 heterocycles. The van der Waals surface area contributed by atoms with Crippen molar-refractivity contribution in [1.82, 2.24) is 19.8 Å². The third-order valence-corrected chi connectivity index (χ3v) is 11.0. The highest BCUT2D eigenvalue weighted by Gasteiger charge is 2.42. The van der Waals surface area contributed by atoms with Gasteiger partial charge in [0.25, 0.3) is 5.91 Å². The molecule has 0 radical (unpaired) electrons. The first-order valence-electron chi connectivity index (χ1n) is 14.8. The fourth-order valence-corrected chi connectivity index (χ4v) is 7.54. The number of nitrogens with zero attached hydrogens (tertiary/aromatic N) is 4. The molecule has 4 aliphatic heterocycles. The average Bonchev–Trinajstić information content (AvgIpc) is 3.30. The van der Waals surface area contributed by atoms with E-state index in [1.165, 1.54) is 6.20 Å². The summed E-state index contributed by atoms with van der Waals surface area (Å²) < 4.78 is 32.1. The number of piperidine rings is 3. The summed E-state index contributed by atoms with van der Waals surface area (Å²) >= 11 is 6.45. The molecule has 12 heteroatoms. The number of sulfone groups is 1. The fourth-order valence-electron chi connectivity index (χ4n) is 6.20. The summed E-state index contributed by atoms with van der Waals surface area (Å²) in [6, 6.07) is 10.6. The lowest BCUT2D eigenvalue weighted by Gasteiger charge is -2.48. The Morgan fingerprint density at radius 3 is 2.47 bits per heavy atom. The molecule has 3 saturated heterocycles. The molecule has 1 aromatic heterocycles.